The third-order valence-corrected chi connectivity index (χ3v) is 5.26. The molecule has 1 aromatic carbocycles. The normalized spacial score (nSPS) is 16.6. The highest BCUT2D eigenvalue weighted by Crippen LogP contribution is 2.32. The highest BCUT2D eigenvalue weighted by Gasteiger charge is 2.28. The van der Waals surface area contributed by atoms with Crippen LogP contribution in [-0.4, -0.2) is 19.9 Å². The molecule has 0 fully saturated rings. The van der Waals surface area contributed by atoms with E-state index in [4.69, 9.17) is 0 Å². The van der Waals surface area contributed by atoms with Crippen molar-refractivity contribution in [2.75, 3.05) is 5.32 Å². The number of nitrogens with zero attached hydrogens (tertiary/aromatic N) is 2. The molecule has 0 radical (unpaired) electrons. The molecule has 6 heteroatoms. The van der Waals surface area contributed by atoms with Gasteiger partial charge in [0, 0.05) is 22.8 Å². The predicted molar refractivity (Wildman–Crippen MR) is 87.5 cm³/mol. The number of fused-ring (bicyclic) bond motifs is 1. The molecule has 1 aromatic heterocycles. The molecule has 1 amide bonds. The van der Waals surface area contributed by atoms with Gasteiger partial charge in [0.25, 0.3) is 0 Å². The maximum atomic E-state index is 11.9. The first kappa shape index (κ1) is 15.0. The molecule has 1 aliphatic heterocycles. The predicted octanol–water partition coefficient (Wildman–Crippen LogP) is 2.60. The first-order valence-electron chi connectivity index (χ1n) is 7.33. The van der Waals surface area contributed by atoms with Gasteiger partial charge in [-0.3, -0.25) is 9.00 Å². The quantitative estimate of drug-likeness (QED) is 0.946. The lowest BCUT2D eigenvalue weighted by atomic mass is 10.1. The van der Waals surface area contributed by atoms with E-state index in [0.717, 1.165) is 22.5 Å². The zero-order chi connectivity index (χ0) is 15.9. The van der Waals surface area contributed by atoms with E-state index < -0.39 is 10.8 Å². The molecule has 1 aliphatic rings. The molecular weight excluding hydrogens is 298 g/mol. The second-order valence-corrected chi connectivity index (χ2v) is 6.99. The molecule has 2 heterocycles. The van der Waals surface area contributed by atoms with E-state index in [9.17, 15) is 9.00 Å². The van der Waals surface area contributed by atoms with Crippen molar-refractivity contribution in [2.45, 2.75) is 38.7 Å². The van der Waals surface area contributed by atoms with E-state index in [-0.39, 0.29) is 5.91 Å². The zero-order valence-electron chi connectivity index (χ0n) is 13.0. The molecule has 5 nitrogen and oxygen atoms in total. The van der Waals surface area contributed by atoms with Crippen LogP contribution in [0.3, 0.4) is 0 Å². The standard InChI is InChI=1S/C16H19N3O2S/c1-4-15(20)17-16-12-8-22(21)9-13(12)18-19(16)14-7-5-6-10(2)11(14)3/h5-7H,4,8-9H2,1-3H3,(H,17,20). The van der Waals surface area contributed by atoms with E-state index in [2.05, 4.69) is 23.4 Å². The maximum Gasteiger partial charge on any atom is 0.225 e. The van der Waals surface area contributed by atoms with Crippen LogP contribution in [-0.2, 0) is 27.1 Å². The Balaban J connectivity index is 2.16. The van der Waals surface area contributed by atoms with Crippen LogP contribution < -0.4 is 5.32 Å². The molecule has 1 N–H and O–H groups in total. The van der Waals surface area contributed by atoms with Crippen LogP contribution in [0.25, 0.3) is 5.69 Å². The van der Waals surface area contributed by atoms with E-state index in [1.165, 1.54) is 5.56 Å². The Morgan fingerprint density at radius 3 is 2.86 bits per heavy atom. The summed E-state index contributed by atoms with van der Waals surface area (Å²) in [5, 5.41) is 7.54. The smallest absolute Gasteiger partial charge is 0.225 e. The van der Waals surface area contributed by atoms with Gasteiger partial charge in [0.1, 0.15) is 5.82 Å². The summed E-state index contributed by atoms with van der Waals surface area (Å²) in [5.74, 6) is 1.52. The van der Waals surface area contributed by atoms with Crippen molar-refractivity contribution in [1.82, 2.24) is 9.78 Å². The van der Waals surface area contributed by atoms with Gasteiger partial charge in [-0.05, 0) is 31.0 Å². The fraction of sp³-hybridized carbons (Fsp3) is 0.375. The van der Waals surface area contributed by atoms with E-state index in [0.29, 0.717) is 23.7 Å². The Morgan fingerprint density at radius 2 is 2.14 bits per heavy atom. The lowest BCUT2D eigenvalue weighted by molar-refractivity contribution is -0.115. The minimum Gasteiger partial charge on any atom is -0.310 e. The Bertz CT molecular complexity index is 780. The Labute approximate surface area is 132 Å². The summed E-state index contributed by atoms with van der Waals surface area (Å²) in [6, 6.07) is 6.02. The van der Waals surface area contributed by atoms with Gasteiger partial charge in [0.15, 0.2) is 0 Å². The number of carbonyl (C=O) groups is 1. The summed E-state index contributed by atoms with van der Waals surface area (Å²) < 4.78 is 13.6. The summed E-state index contributed by atoms with van der Waals surface area (Å²) in [5.41, 5.74) is 4.97. The molecule has 1 atom stereocenters. The number of hydrogen-bond donors (Lipinski definition) is 1. The zero-order valence-corrected chi connectivity index (χ0v) is 13.8. The van der Waals surface area contributed by atoms with E-state index >= 15 is 0 Å². The summed E-state index contributed by atoms with van der Waals surface area (Å²) in [6.07, 6.45) is 0.399. The van der Waals surface area contributed by atoms with Gasteiger partial charge in [-0.2, -0.15) is 5.10 Å². The summed E-state index contributed by atoms with van der Waals surface area (Å²) in [7, 11) is -0.917. The largest absolute Gasteiger partial charge is 0.310 e. The molecule has 0 saturated heterocycles. The van der Waals surface area contributed by atoms with Gasteiger partial charge in [0.05, 0.1) is 22.9 Å². The summed E-state index contributed by atoms with van der Waals surface area (Å²) in [6.45, 7) is 5.91. The van der Waals surface area contributed by atoms with Crippen LogP contribution in [0.2, 0.25) is 0 Å². The third kappa shape index (κ3) is 2.47. The monoisotopic (exact) mass is 317 g/mol. The van der Waals surface area contributed by atoms with Gasteiger partial charge in [-0.1, -0.05) is 19.1 Å². The number of hydrogen-bond acceptors (Lipinski definition) is 3. The second-order valence-electron chi connectivity index (χ2n) is 5.53. The van der Waals surface area contributed by atoms with E-state index in [1.807, 2.05) is 26.0 Å². The van der Waals surface area contributed by atoms with Crippen molar-refractivity contribution in [3.05, 3.63) is 40.6 Å². The SMILES string of the molecule is CCC(=O)Nc1c2c(nn1-c1cccc(C)c1C)CS(=O)C2. The average Bonchev–Trinajstić information content (AvgIpc) is 2.99. The van der Waals surface area contributed by atoms with Gasteiger partial charge in [0.2, 0.25) is 5.91 Å². The lowest BCUT2D eigenvalue weighted by Crippen LogP contribution is -2.15. The number of amides is 1. The number of aryl methyl sites for hydroxylation is 1. The number of aromatic nitrogens is 2. The van der Waals surface area contributed by atoms with Crippen LogP contribution in [0, 0.1) is 13.8 Å². The number of carbonyl (C=O) groups excluding carboxylic acids is 1. The Hall–Kier alpha value is -1.95. The average molecular weight is 317 g/mol. The third-order valence-electron chi connectivity index (χ3n) is 4.05. The van der Waals surface area contributed by atoms with Crippen molar-refractivity contribution in [3.63, 3.8) is 0 Å². The molecule has 3 rings (SSSR count). The molecule has 0 spiro atoms. The summed E-state index contributed by atoms with van der Waals surface area (Å²) >= 11 is 0. The van der Waals surface area contributed by atoms with Crippen molar-refractivity contribution in [3.8, 4) is 5.69 Å². The van der Waals surface area contributed by atoms with Crippen LogP contribution >= 0.6 is 0 Å². The number of benzene rings is 1. The number of nitrogens with one attached hydrogen (secondary N) is 1. The first-order valence-corrected chi connectivity index (χ1v) is 8.82. The molecule has 116 valence electrons. The molecule has 2 aromatic rings. The Kier molecular flexibility index (Phi) is 3.87. The van der Waals surface area contributed by atoms with Crippen molar-refractivity contribution >= 4 is 22.5 Å². The molecular formula is C16H19N3O2S. The summed E-state index contributed by atoms with van der Waals surface area (Å²) in [4.78, 5) is 11.9. The molecule has 0 aliphatic carbocycles. The topological polar surface area (TPSA) is 64.0 Å². The lowest BCUT2D eigenvalue weighted by Gasteiger charge is -2.13. The van der Waals surface area contributed by atoms with Gasteiger partial charge in [-0.15, -0.1) is 0 Å². The molecule has 22 heavy (non-hydrogen) atoms. The molecule has 0 bridgehead atoms. The highest BCUT2D eigenvalue weighted by atomic mass is 32.2. The van der Waals surface area contributed by atoms with Crippen LogP contribution in [0.5, 0.6) is 0 Å². The van der Waals surface area contributed by atoms with Crippen molar-refractivity contribution in [1.29, 1.82) is 0 Å². The van der Waals surface area contributed by atoms with Crippen molar-refractivity contribution < 1.29 is 9.00 Å². The van der Waals surface area contributed by atoms with Gasteiger partial charge in [-0.25, -0.2) is 4.68 Å². The minimum absolute atomic E-state index is 0.0630. The second kappa shape index (κ2) is 5.68. The molecule has 1 unspecified atom stereocenters. The molecule has 0 saturated carbocycles. The van der Waals surface area contributed by atoms with Crippen molar-refractivity contribution in [2.24, 2.45) is 0 Å². The first-order chi connectivity index (χ1) is 10.5. The fourth-order valence-corrected chi connectivity index (χ4v) is 3.88. The fourth-order valence-electron chi connectivity index (χ4n) is 2.62. The van der Waals surface area contributed by atoms with Crippen LogP contribution in [0.4, 0.5) is 5.82 Å². The van der Waals surface area contributed by atoms with Gasteiger partial charge < -0.3 is 5.32 Å². The van der Waals surface area contributed by atoms with E-state index in [1.54, 1.807) is 4.68 Å². The maximum absolute atomic E-state index is 11.9. The van der Waals surface area contributed by atoms with Gasteiger partial charge >= 0.3 is 0 Å². The number of rotatable bonds is 3. The van der Waals surface area contributed by atoms with Crippen LogP contribution in [0.1, 0.15) is 35.7 Å². The van der Waals surface area contributed by atoms with Crippen LogP contribution in [0.15, 0.2) is 18.2 Å². The Morgan fingerprint density at radius 1 is 1.36 bits per heavy atom. The highest BCUT2D eigenvalue weighted by molar-refractivity contribution is 7.83. The minimum atomic E-state index is -0.917. The number of anilines is 1.